The largest absolute Gasteiger partial charge is 0.493 e. The molecule has 2 amide bonds. The van der Waals surface area contributed by atoms with Gasteiger partial charge in [-0.1, -0.05) is 6.07 Å². The van der Waals surface area contributed by atoms with Crippen molar-refractivity contribution in [2.75, 3.05) is 27.9 Å². The second-order valence-electron chi connectivity index (χ2n) is 4.52. The molecule has 0 unspecified atom stereocenters. The number of nitrogens with zero attached hydrogens (tertiary/aromatic N) is 1. The summed E-state index contributed by atoms with van der Waals surface area (Å²) in [5, 5.41) is 2.53. The van der Waals surface area contributed by atoms with E-state index in [4.69, 9.17) is 14.2 Å². The minimum absolute atomic E-state index is 0.0613. The normalized spacial score (nSPS) is 17.4. The summed E-state index contributed by atoms with van der Waals surface area (Å²) in [6.07, 6.45) is -0.501. The zero-order chi connectivity index (χ0) is 15.4. The van der Waals surface area contributed by atoms with Crippen LogP contribution in [0.1, 0.15) is 5.56 Å². The van der Waals surface area contributed by atoms with Crippen LogP contribution in [0.2, 0.25) is 0 Å². The highest BCUT2D eigenvalue weighted by molar-refractivity contribution is 5.87. The maximum absolute atomic E-state index is 11.8. The topological polar surface area (TPSA) is 77.1 Å². The number of hydrogen-bond donors (Lipinski definition) is 1. The Kier molecular flexibility index (Phi) is 4.52. The molecule has 0 bridgehead atoms. The van der Waals surface area contributed by atoms with Crippen LogP contribution in [0.5, 0.6) is 11.5 Å². The molecule has 1 aromatic carbocycles. The Morgan fingerprint density at radius 1 is 1.38 bits per heavy atom. The lowest BCUT2D eigenvalue weighted by molar-refractivity contribution is -0.124. The van der Waals surface area contributed by atoms with Crippen molar-refractivity contribution in [1.82, 2.24) is 10.2 Å². The molecule has 2 rings (SSSR count). The van der Waals surface area contributed by atoms with E-state index >= 15 is 0 Å². The minimum Gasteiger partial charge on any atom is -0.493 e. The van der Waals surface area contributed by atoms with Crippen LogP contribution < -0.4 is 14.8 Å². The molecule has 1 atom stereocenters. The Hall–Kier alpha value is -2.44. The first-order chi connectivity index (χ1) is 10.1. The van der Waals surface area contributed by atoms with Gasteiger partial charge in [0.15, 0.2) is 11.5 Å². The predicted molar refractivity (Wildman–Crippen MR) is 74.3 cm³/mol. The second kappa shape index (κ2) is 6.34. The monoisotopic (exact) mass is 294 g/mol. The van der Waals surface area contributed by atoms with Gasteiger partial charge in [-0.05, 0) is 17.7 Å². The number of methoxy groups -OCH3 is 2. The third kappa shape index (κ3) is 3.01. The maximum Gasteiger partial charge on any atom is 0.410 e. The Labute approximate surface area is 122 Å². The molecular formula is C14H18N2O5. The van der Waals surface area contributed by atoms with Crippen LogP contribution in [0.25, 0.3) is 0 Å². The van der Waals surface area contributed by atoms with Gasteiger partial charge in [0, 0.05) is 7.05 Å². The van der Waals surface area contributed by atoms with Crippen molar-refractivity contribution >= 4 is 12.0 Å². The number of rotatable bonds is 5. The van der Waals surface area contributed by atoms with Crippen LogP contribution in [0, 0.1) is 0 Å². The van der Waals surface area contributed by atoms with Crippen molar-refractivity contribution in [1.29, 1.82) is 0 Å². The molecule has 1 fully saturated rings. The van der Waals surface area contributed by atoms with E-state index in [9.17, 15) is 9.59 Å². The summed E-state index contributed by atoms with van der Waals surface area (Å²) in [6, 6.07) is 4.72. The lowest BCUT2D eigenvalue weighted by Crippen LogP contribution is -2.44. The molecule has 1 aromatic rings. The average molecular weight is 294 g/mol. The summed E-state index contributed by atoms with van der Waals surface area (Å²) in [4.78, 5) is 24.9. The molecule has 0 saturated carbocycles. The van der Waals surface area contributed by atoms with Gasteiger partial charge in [0.1, 0.15) is 12.6 Å². The van der Waals surface area contributed by atoms with Gasteiger partial charge in [-0.3, -0.25) is 9.69 Å². The van der Waals surface area contributed by atoms with Crippen molar-refractivity contribution in [3.63, 3.8) is 0 Å². The summed E-state index contributed by atoms with van der Waals surface area (Å²) in [7, 11) is 4.62. The van der Waals surface area contributed by atoms with Gasteiger partial charge in [-0.15, -0.1) is 0 Å². The van der Waals surface area contributed by atoms with Gasteiger partial charge in [-0.2, -0.15) is 0 Å². The first-order valence-corrected chi connectivity index (χ1v) is 6.46. The molecule has 0 radical (unpaired) electrons. The molecule has 1 aliphatic heterocycles. The fraction of sp³-hybridized carbons (Fsp3) is 0.429. The smallest absolute Gasteiger partial charge is 0.410 e. The summed E-state index contributed by atoms with van der Waals surface area (Å²) in [5.74, 6) is 0.925. The molecule has 114 valence electrons. The van der Waals surface area contributed by atoms with Gasteiger partial charge in [0.05, 0.1) is 20.8 Å². The zero-order valence-electron chi connectivity index (χ0n) is 12.2. The highest BCUT2D eigenvalue weighted by atomic mass is 16.6. The van der Waals surface area contributed by atoms with Crippen LogP contribution in [-0.4, -0.2) is 50.8 Å². The molecule has 7 nitrogen and oxygen atoms in total. The van der Waals surface area contributed by atoms with Crippen molar-refractivity contribution < 1.29 is 23.8 Å². The van der Waals surface area contributed by atoms with Crippen LogP contribution in [-0.2, 0) is 16.1 Å². The molecular weight excluding hydrogens is 276 g/mol. The molecule has 0 aromatic heterocycles. The van der Waals surface area contributed by atoms with Gasteiger partial charge in [0.2, 0.25) is 5.91 Å². The molecule has 1 N–H and O–H groups in total. The highest BCUT2D eigenvalue weighted by Gasteiger charge is 2.37. The lowest BCUT2D eigenvalue weighted by atomic mass is 10.1. The average Bonchev–Trinajstić information content (AvgIpc) is 2.87. The molecule has 1 aliphatic rings. The Balaban J connectivity index is 2.19. The molecule has 21 heavy (non-hydrogen) atoms. The molecule has 7 heteroatoms. The second-order valence-corrected chi connectivity index (χ2v) is 4.52. The van der Waals surface area contributed by atoms with Crippen molar-refractivity contribution in [2.24, 2.45) is 0 Å². The van der Waals surface area contributed by atoms with Crippen molar-refractivity contribution in [2.45, 2.75) is 12.6 Å². The van der Waals surface area contributed by atoms with E-state index in [2.05, 4.69) is 5.32 Å². The van der Waals surface area contributed by atoms with Gasteiger partial charge >= 0.3 is 6.09 Å². The summed E-state index contributed by atoms with van der Waals surface area (Å²) in [6.45, 7) is 0.322. The van der Waals surface area contributed by atoms with Crippen LogP contribution in [0.3, 0.4) is 0 Å². The van der Waals surface area contributed by atoms with E-state index < -0.39 is 12.1 Å². The zero-order valence-corrected chi connectivity index (χ0v) is 12.2. The first-order valence-electron chi connectivity index (χ1n) is 6.46. The van der Waals surface area contributed by atoms with E-state index in [-0.39, 0.29) is 19.1 Å². The van der Waals surface area contributed by atoms with Crippen molar-refractivity contribution in [3.8, 4) is 11.5 Å². The molecule has 1 saturated heterocycles. The number of carbonyl (C=O) groups excluding carboxylic acids is 2. The lowest BCUT2D eigenvalue weighted by Gasteiger charge is -2.20. The van der Waals surface area contributed by atoms with Crippen LogP contribution in [0.4, 0.5) is 4.79 Å². The van der Waals surface area contributed by atoms with Gasteiger partial charge in [0.25, 0.3) is 0 Å². The van der Waals surface area contributed by atoms with Crippen molar-refractivity contribution in [3.05, 3.63) is 23.8 Å². The first kappa shape index (κ1) is 15.0. The van der Waals surface area contributed by atoms with E-state index in [1.54, 1.807) is 26.4 Å². The van der Waals surface area contributed by atoms with E-state index in [0.29, 0.717) is 11.5 Å². The third-order valence-electron chi connectivity index (χ3n) is 3.33. The number of amides is 2. The SMILES string of the molecule is CNC(=O)[C@@H]1COC(=O)N1Cc1ccc(OC)c(OC)c1. The van der Waals surface area contributed by atoms with E-state index in [1.807, 2.05) is 6.07 Å². The number of nitrogens with one attached hydrogen (secondary N) is 1. The maximum atomic E-state index is 11.8. The standard InChI is InChI=1S/C14H18N2O5/c1-15-13(17)10-8-21-14(18)16(10)7-9-4-5-11(19-2)12(6-9)20-3/h4-6,10H,7-8H2,1-3H3,(H,15,17)/t10-/m0/s1. The molecule has 0 spiro atoms. The van der Waals surface area contributed by atoms with E-state index in [1.165, 1.54) is 11.9 Å². The van der Waals surface area contributed by atoms with Crippen LogP contribution in [0.15, 0.2) is 18.2 Å². The number of likely N-dealkylation sites (N-methyl/N-ethyl adjacent to an activating group) is 1. The number of carbonyl (C=O) groups is 2. The van der Waals surface area contributed by atoms with Crippen LogP contribution >= 0.6 is 0 Å². The van der Waals surface area contributed by atoms with Gasteiger partial charge < -0.3 is 19.5 Å². The number of hydrogen-bond acceptors (Lipinski definition) is 5. The third-order valence-corrected chi connectivity index (χ3v) is 3.33. The fourth-order valence-corrected chi connectivity index (χ4v) is 2.18. The van der Waals surface area contributed by atoms with E-state index in [0.717, 1.165) is 5.56 Å². The minimum atomic E-state index is -0.615. The summed E-state index contributed by atoms with van der Waals surface area (Å²) < 4.78 is 15.3. The summed E-state index contributed by atoms with van der Waals surface area (Å²) in [5.41, 5.74) is 0.820. The fourth-order valence-electron chi connectivity index (χ4n) is 2.18. The summed E-state index contributed by atoms with van der Waals surface area (Å²) >= 11 is 0. The Morgan fingerprint density at radius 2 is 2.10 bits per heavy atom. The predicted octanol–water partition coefficient (Wildman–Crippen LogP) is 0.771. The van der Waals surface area contributed by atoms with Gasteiger partial charge in [-0.25, -0.2) is 4.79 Å². The molecule has 0 aliphatic carbocycles. The highest BCUT2D eigenvalue weighted by Crippen LogP contribution is 2.28. The quantitative estimate of drug-likeness (QED) is 0.868. The molecule has 1 heterocycles. The Bertz CT molecular complexity index is 546. The number of ether oxygens (including phenoxy) is 3. The number of benzene rings is 1. The Morgan fingerprint density at radius 3 is 2.71 bits per heavy atom. The number of cyclic esters (lactones) is 1.